The number of carbonyl (C=O) groups excluding carboxylic acids is 1. The number of benzene rings is 1. The summed E-state index contributed by atoms with van der Waals surface area (Å²) in [5.41, 5.74) is 3.02. The van der Waals surface area contributed by atoms with Crippen LogP contribution in [0.2, 0.25) is 0 Å². The van der Waals surface area contributed by atoms with E-state index in [4.69, 9.17) is 23.7 Å². The first-order valence-electron chi connectivity index (χ1n) is 10.3. The third-order valence-corrected chi connectivity index (χ3v) is 5.78. The SMILES string of the molecule is COC1C(C)OC(OC2Cc3ccc(C(=O)C=CN(C)C)cc3C2)C(OC)C1OC. The van der Waals surface area contributed by atoms with Crippen molar-refractivity contribution in [2.75, 3.05) is 35.4 Å². The van der Waals surface area contributed by atoms with Gasteiger partial charge in [-0.05, 0) is 37.0 Å². The van der Waals surface area contributed by atoms with Gasteiger partial charge in [0.2, 0.25) is 0 Å². The normalized spacial score (nSPS) is 31.1. The maximum absolute atomic E-state index is 12.4. The van der Waals surface area contributed by atoms with Crippen LogP contribution in [-0.2, 0) is 36.5 Å². The largest absolute Gasteiger partial charge is 0.383 e. The fourth-order valence-corrected chi connectivity index (χ4v) is 4.25. The van der Waals surface area contributed by atoms with Crippen molar-refractivity contribution < 1.29 is 28.5 Å². The Hall–Kier alpha value is -1.77. The summed E-state index contributed by atoms with van der Waals surface area (Å²) in [7, 11) is 8.69. The number of allylic oxidation sites excluding steroid dienone is 1. The van der Waals surface area contributed by atoms with Crippen LogP contribution in [0.3, 0.4) is 0 Å². The van der Waals surface area contributed by atoms with E-state index in [1.807, 2.05) is 44.1 Å². The van der Waals surface area contributed by atoms with Crippen molar-refractivity contribution in [3.05, 3.63) is 47.2 Å². The summed E-state index contributed by atoms with van der Waals surface area (Å²) in [4.78, 5) is 14.2. The molecule has 7 heteroatoms. The van der Waals surface area contributed by atoms with Crippen LogP contribution in [0.25, 0.3) is 0 Å². The Morgan fingerprint density at radius 2 is 1.70 bits per heavy atom. The maximum atomic E-state index is 12.4. The number of hydrogen-bond donors (Lipinski definition) is 0. The number of hydrogen-bond acceptors (Lipinski definition) is 7. The number of carbonyl (C=O) groups is 1. The number of methoxy groups -OCH3 is 3. The van der Waals surface area contributed by atoms with Crippen LogP contribution in [0.4, 0.5) is 0 Å². The second-order valence-electron chi connectivity index (χ2n) is 8.10. The lowest BCUT2D eigenvalue weighted by molar-refractivity contribution is -0.314. The first kappa shape index (κ1) is 22.9. The molecule has 1 saturated heterocycles. The van der Waals surface area contributed by atoms with Gasteiger partial charge in [0.1, 0.15) is 18.3 Å². The standard InChI is InChI=1S/C23H33NO6/c1-14-20(26-4)21(27-5)22(28-6)23(29-14)30-18-12-15-7-8-16(11-17(15)13-18)19(25)9-10-24(2)3/h7-11,14,18,20-23H,12-13H2,1-6H3. The van der Waals surface area contributed by atoms with Gasteiger partial charge in [0.05, 0.1) is 12.2 Å². The van der Waals surface area contributed by atoms with Gasteiger partial charge in [-0.1, -0.05) is 12.1 Å². The van der Waals surface area contributed by atoms with Crippen LogP contribution < -0.4 is 0 Å². The topological polar surface area (TPSA) is 66.5 Å². The molecule has 1 aromatic carbocycles. The van der Waals surface area contributed by atoms with E-state index in [0.29, 0.717) is 5.56 Å². The van der Waals surface area contributed by atoms with E-state index in [1.165, 1.54) is 5.56 Å². The summed E-state index contributed by atoms with van der Waals surface area (Å²) in [5, 5.41) is 0. The molecule has 0 radical (unpaired) electrons. The van der Waals surface area contributed by atoms with E-state index in [2.05, 4.69) is 0 Å². The van der Waals surface area contributed by atoms with Crippen LogP contribution in [0.5, 0.6) is 0 Å². The van der Waals surface area contributed by atoms with Crippen molar-refractivity contribution in [1.29, 1.82) is 0 Å². The minimum atomic E-state index is -0.551. The smallest absolute Gasteiger partial charge is 0.187 e. The van der Waals surface area contributed by atoms with Gasteiger partial charge < -0.3 is 28.6 Å². The Kier molecular flexibility index (Phi) is 7.65. The molecule has 6 atom stereocenters. The average molecular weight is 420 g/mol. The highest BCUT2D eigenvalue weighted by Crippen LogP contribution is 2.32. The molecule has 1 fully saturated rings. The van der Waals surface area contributed by atoms with Crippen LogP contribution >= 0.6 is 0 Å². The third-order valence-electron chi connectivity index (χ3n) is 5.78. The number of nitrogens with zero attached hydrogens (tertiary/aromatic N) is 1. The minimum Gasteiger partial charge on any atom is -0.383 e. The zero-order valence-electron chi connectivity index (χ0n) is 18.7. The zero-order chi connectivity index (χ0) is 21.8. The maximum Gasteiger partial charge on any atom is 0.187 e. The zero-order valence-corrected chi connectivity index (χ0v) is 18.7. The van der Waals surface area contributed by atoms with Crippen molar-refractivity contribution in [3.63, 3.8) is 0 Å². The molecule has 0 N–H and O–H groups in total. The molecule has 166 valence electrons. The molecule has 3 rings (SSSR count). The average Bonchev–Trinajstić information content (AvgIpc) is 3.12. The summed E-state index contributed by atoms with van der Waals surface area (Å²) in [6.07, 6.45) is 3.14. The fraction of sp³-hybridized carbons (Fsp3) is 0.609. The molecule has 1 heterocycles. The summed E-state index contributed by atoms with van der Waals surface area (Å²) in [6, 6.07) is 5.87. The van der Waals surface area contributed by atoms with Gasteiger partial charge in [-0.15, -0.1) is 0 Å². The van der Waals surface area contributed by atoms with E-state index in [-0.39, 0.29) is 30.2 Å². The monoisotopic (exact) mass is 419 g/mol. The molecular formula is C23H33NO6. The highest BCUT2D eigenvalue weighted by molar-refractivity contribution is 6.04. The second-order valence-corrected chi connectivity index (χ2v) is 8.10. The predicted molar refractivity (Wildman–Crippen MR) is 113 cm³/mol. The van der Waals surface area contributed by atoms with Gasteiger partial charge in [-0.25, -0.2) is 0 Å². The van der Waals surface area contributed by atoms with Crippen molar-refractivity contribution >= 4 is 5.78 Å². The van der Waals surface area contributed by atoms with Crippen LogP contribution in [0, 0.1) is 0 Å². The van der Waals surface area contributed by atoms with E-state index in [9.17, 15) is 4.79 Å². The molecular weight excluding hydrogens is 386 g/mol. The van der Waals surface area contributed by atoms with Crippen LogP contribution in [-0.4, -0.2) is 82.9 Å². The Morgan fingerprint density at radius 1 is 1.03 bits per heavy atom. The van der Waals surface area contributed by atoms with Gasteiger partial charge in [0.25, 0.3) is 0 Å². The number of ketones is 1. The van der Waals surface area contributed by atoms with Gasteiger partial charge in [-0.2, -0.15) is 0 Å². The molecule has 0 saturated carbocycles. The lowest BCUT2D eigenvalue weighted by Gasteiger charge is -2.44. The van der Waals surface area contributed by atoms with Gasteiger partial charge >= 0.3 is 0 Å². The second kappa shape index (κ2) is 10.0. The van der Waals surface area contributed by atoms with Crippen molar-refractivity contribution in [2.24, 2.45) is 0 Å². The van der Waals surface area contributed by atoms with Gasteiger partial charge in [0.15, 0.2) is 12.1 Å². The lowest BCUT2D eigenvalue weighted by Crippen LogP contribution is -2.59. The minimum absolute atomic E-state index is 0.00621. The van der Waals surface area contributed by atoms with E-state index in [1.54, 1.807) is 33.6 Å². The first-order chi connectivity index (χ1) is 14.4. The molecule has 1 aromatic rings. The van der Waals surface area contributed by atoms with Crippen molar-refractivity contribution in [2.45, 2.75) is 56.6 Å². The van der Waals surface area contributed by atoms with Crippen molar-refractivity contribution in [1.82, 2.24) is 4.90 Å². The molecule has 0 spiro atoms. The molecule has 0 aromatic heterocycles. The third kappa shape index (κ3) is 4.92. The Balaban J connectivity index is 1.68. The molecule has 0 bridgehead atoms. The summed E-state index contributed by atoms with van der Waals surface area (Å²) in [5.74, 6) is -0.00621. The number of rotatable bonds is 8. The quantitative estimate of drug-likeness (QED) is 0.473. The summed E-state index contributed by atoms with van der Waals surface area (Å²) < 4.78 is 29.3. The molecule has 6 unspecified atom stereocenters. The van der Waals surface area contributed by atoms with Gasteiger partial charge in [0, 0.05) is 53.3 Å². The molecule has 2 aliphatic rings. The fourth-order valence-electron chi connectivity index (χ4n) is 4.25. The van der Waals surface area contributed by atoms with Gasteiger partial charge in [-0.3, -0.25) is 4.79 Å². The Morgan fingerprint density at radius 3 is 2.33 bits per heavy atom. The van der Waals surface area contributed by atoms with Crippen LogP contribution in [0.15, 0.2) is 30.5 Å². The highest BCUT2D eigenvalue weighted by Gasteiger charge is 2.47. The molecule has 1 aliphatic heterocycles. The number of ether oxygens (including phenoxy) is 5. The number of fused-ring (bicyclic) bond motifs is 1. The van der Waals surface area contributed by atoms with E-state index < -0.39 is 12.4 Å². The van der Waals surface area contributed by atoms with E-state index in [0.717, 1.165) is 18.4 Å². The molecule has 0 amide bonds. The van der Waals surface area contributed by atoms with Crippen molar-refractivity contribution in [3.8, 4) is 0 Å². The molecule has 1 aliphatic carbocycles. The highest BCUT2D eigenvalue weighted by atomic mass is 16.7. The Bertz CT molecular complexity index is 764. The summed E-state index contributed by atoms with van der Waals surface area (Å²) in [6.45, 7) is 1.95. The van der Waals surface area contributed by atoms with E-state index >= 15 is 0 Å². The summed E-state index contributed by atoms with van der Waals surface area (Å²) >= 11 is 0. The lowest BCUT2D eigenvalue weighted by atomic mass is 9.99. The molecule has 30 heavy (non-hydrogen) atoms. The predicted octanol–water partition coefficient (Wildman–Crippen LogP) is 2.22. The Labute approximate surface area is 178 Å². The molecule has 7 nitrogen and oxygen atoms in total. The first-order valence-corrected chi connectivity index (χ1v) is 10.3. The van der Waals surface area contributed by atoms with Crippen LogP contribution in [0.1, 0.15) is 28.4 Å².